The van der Waals surface area contributed by atoms with Crippen LogP contribution in [0.5, 0.6) is 0 Å². The molecule has 0 aliphatic carbocycles. The molecule has 3 aromatic heterocycles. The Bertz CT molecular complexity index is 821. The molecule has 0 spiro atoms. The molecule has 2 N–H and O–H groups in total. The summed E-state index contributed by atoms with van der Waals surface area (Å²) in [6, 6.07) is 3.17. The van der Waals surface area contributed by atoms with Crippen molar-refractivity contribution in [2.24, 2.45) is 7.05 Å². The molecule has 0 aromatic carbocycles. The van der Waals surface area contributed by atoms with Crippen LogP contribution in [0, 0.1) is 6.92 Å². The van der Waals surface area contributed by atoms with Crippen LogP contribution in [0.3, 0.4) is 0 Å². The third kappa shape index (κ3) is 3.27. The van der Waals surface area contributed by atoms with Crippen LogP contribution in [-0.4, -0.2) is 30.3 Å². The molecule has 2 amide bonds. The molecule has 0 radical (unpaired) electrons. The predicted molar refractivity (Wildman–Crippen MR) is 89.9 cm³/mol. The summed E-state index contributed by atoms with van der Waals surface area (Å²) >= 11 is 0. The highest BCUT2D eigenvalue weighted by molar-refractivity contribution is 5.89. The minimum atomic E-state index is -0.289. The average Bonchev–Trinajstić information content (AvgIpc) is 3.19. The van der Waals surface area contributed by atoms with Gasteiger partial charge in [0.05, 0.1) is 24.1 Å². The van der Waals surface area contributed by atoms with Crippen LogP contribution in [0.2, 0.25) is 0 Å². The van der Waals surface area contributed by atoms with E-state index in [4.69, 9.17) is 0 Å². The Labute approximate surface area is 139 Å². The lowest BCUT2D eigenvalue weighted by molar-refractivity contribution is 0.249. The molecule has 0 bridgehead atoms. The number of anilines is 1. The number of nitrogens with zero attached hydrogens (tertiary/aromatic N) is 5. The fraction of sp³-hybridized carbons (Fsp3) is 0.250. The lowest BCUT2D eigenvalue weighted by atomic mass is 10.1. The van der Waals surface area contributed by atoms with E-state index in [9.17, 15) is 4.79 Å². The number of urea groups is 1. The van der Waals surface area contributed by atoms with Crippen LogP contribution in [0.25, 0.3) is 5.82 Å². The number of pyridine rings is 1. The predicted octanol–water partition coefficient (Wildman–Crippen LogP) is 2.19. The second kappa shape index (κ2) is 6.53. The molecule has 0 aliphatic rings. The first-order valence-corrected chi connectivity index (χ1v) is 7.55. The molecule has 0 fully saturated rings. The third-order valence-electron chi connectivity index (χ3n) is 3.86. The quantitative estimate of drug-likeness (QED) is 0.769. The molecular weight excluding hydrogens is 306 g/mol. The second-order valence-electron chi connectivity index (χ2n) is 5.50. The van der Waals surface area contributed by atoms with Crippen molar-refractivity contribution in [2.45, 2.75) is 19.9 Å². The highest BCUT2D eigenvalue weighted by Gasteiger charge is 2.14. The first-order chi connectivity index (χ1) is 11.5. The number of imidazole rings is 1. The smallest absolute Gasteiger partial charge is 0.319 e. The summed E-state index contributed by atoms with van der Waals surface area (Å²) in [6.07, 6.45) is 8.53. The van der Waals surface area contributed by atoms with Crippen molar-refractivity contribution in [1.82, 2.24) is 29.6 Å². The van der Waals surface area contributed by atoms with Gasteiger partial charge in [-0.05, 0) is 26.0 Å². The van der Waals surface area contributed by atoms with Gasteiger partial charge >= 0.3 is 6.03 Å². The summed E-state index contributed by atoms with van der Waals surface area (Å²) in [5.74, 6) is 0.734. The van der Waals surface area contributed by atoms with Gasteiger partial charge in [0.25, 0.3) is 0 Å². The van der Waals surface area contributed by atoms with E-state index in [1.54, 1.807) is 46.4 Å². The Balaban J connectivity index is 1.61. The summed E-state index contributed by atoms with van der Waals surface area (Å²) in [7, 11) is 1.87. The van der Waals surface area contributed by atoms with Crippen LogP contribution in [-0.2, 0) is 7.05 Å². The van der Waals surface area contributed by atoms with E-state index in [1.165, 1.54) is 0 Å². The zero-order valence-corrected chi connectivity index (χ0v) is 13.8. The topological polar surface area (TPSA) is 89.7 Å². The Kier molecular flexibility index (Phi) is 4.28. The molecule has 8 nitrogen and oxygen atoms in total. The van der Waals surface area contributed by atoms with Crippen LogP contribution < -0.4 is 10.6 Å². The average molecular weight is 325 g/mol. The van der Waals surface area contributed by atoms with Crippen LogP contribution in [0.15, 0.2) is 43.2 Å². The highest BCUT2D eigenvalue weighted by atomic mass is 16.2. The minimum absolute atomic E-state index is 0.142. The molecule has 0 aliphatic heterocycles. The third-order valence-corrected chi connectivity index (χ3v) is 3.86. The Morgan fingerprint density at radius 1 is 1.29 bits per heavy atom. The lowest BCUT2D eigenvalue weighted by Gasteiger charge is -2.14. The summed E-state index contributed by atoms with van der Waals surface area (Å²) in [6.45, 7) is 3.89. The maximum Gasteiger partial charge on any atom is 0.319 e. The van der Waals surface area contributed by atoms with E-state index >= 15 is 0 Å². The monoisotopic (exact) mass is 325 g/mol. The molecule has 124 valence electrons. The molecule has 1 atom stereocenters. The van der Waals surface area contributed by atoms with Gasteiger partial charge in [-0.25, -0.2) is 14.8 Å². The number of rotatable bonds is 4. The van der Waals surface area contributed by atoms with Gasteiger partial charge in [0.15, 0.2) is 0 Å². The Morgan fingerprint density at radius 2 is 2.12 bits per heavy atom. The SMILES string of the molecule is Cc1c([C@H](C)NC(=O)Nc2ccc(-n3ccnc3)nc2)cnn1C. The summed E-state index contributed by atoms with van der Waals surface area (Å²) in [5.41, 5.74) is 2.63. The van der Waals surface area contributed by atoms with Gasteiger partial charge in [-0.15, -0.1) is 0 Å². The molecule has 0 unspecified atom stereocenters. The number of hydrogen-bond donors (Lipinski definition) is 2. The van der Waals surface area contributed by atoms with Gasteiger partial charge in [0.1, 0.15) is 12.1 Å². The number of hydrogen-bond acceptors (Lipinski definition) is 4. The van der Waals surface area contributed by atoms with Gasteiger partial charge in [0, 0.05) is 30.7 Å². The standard InChI is InChI=1S/C16H19N7O/c1-11(14-9-19-22(3)12(14)2)20-16(24)21-13-4-5-15(18-8-13)23-7-6-17-10-23/h4-11H,1-3H3,(H2,20,21,24)/t11-/m0/s1. The van der Waals surface area contributed by atoms with Gasteiger partial charge in [0.2, 0.25) is 0 Å². The molecule has 3 rings (SSSR count). The number of carbonyl (C=O) groups is 1. The normalized spacial score (nSPS) is 12.0. The number of nitrogens with one attached hydrogen (secondary N) is 2. The number of amides is 2. The van der Waals surface area contributed by atoms with Crippen molar-refractivity contribution < 1.29 is 4.79 Å². The van der Waals surface area contributed by atoms with E-state index < -0.39 is 0 Å². The van der Waals surface area contributed by atoms with Crippen molar-refractivity contribution in [3.8, 4) is 5.82 Å². The molecule has 3 aromatic rings. The van der Waals surface area contributed by atoms with Gasteiger partial charge in [-0.2, -0.15) is 5.10 Å². The molecule has 3 heterocycles. The number of aromatic nitrogens is 5. The van der Waals surface area contributed by atoms with Crippen LogP contribution in [0.1, 0.15) is 24.2 Å². The lowest BCUT2D eigenvalue weighted by Crippen LogP contribution is -2.31. The van der Waals surface area contributed by atoms with E-state index in [2.05, 4.69) is 25.7 Å². The second-order valence-corrected chi connectivity index (χ2v) is 5.50. The summed E-state index contributed by atoms with van der Waals surface area (Å²) < 4.78 is 3.57. The van der Waals surface area contributed by atoms with E-state index in [1.807, 2.05) is 27.0 Å². The summed E-state index contributed by atoms with van der Waals surface area (Å²) in [5, 5.41) is 9.86. The Morgan fingerprint density at radius 3 is 2.71 bits per heavy atom. The maximum absolute atomic E-state index is 12.1. The van der Waals surface area contributed by atoms with E-state index in [-0.39, 0.29) is 12.1 Å². The highest BCUT2D eigenvalue weighted by Crippen LogP contribution is 2.16. The first-order valence-electron chi connectivity index (χ1n) is 7.55. The molecule has 8 heteroatoms. The zero-order chi connectivity index (χ0) is 17.1. The van der Waals surface area contributed by atoms with Crippen molar-refractivity contribution in [2.75, 3.05) is 5.32 Å². The molecule has 0 saturated heterocycles. The number of aryl methyl sites for hydroxylation is 1. The minimum Gasteiger partial charge on any atom is -0.331 e. The molecule has 0 saturated carbocycles. The fourth-order valence-electron chi connectivity index (χ4n) is 2.39. The van der Waals surface area contributed by atoms with E-state index in [0.717, 1.165) is 17.1 Å². The van der Waals surface area contributed by atoms with E-state index in [0.29, 0.717) is 5.69 Å². The van der Waals surface area contributed by atoms with Crippen molar-refractivity contribution in [3.63, 3.8) is 0 Å². The number of carbonyl (C=O) groups excluding carboxylic acids is 1. The Hall–Kier alpha value is -3.16. The van der Waals surface area contributed by atoms with Crippen LogP contribution >= 0.6 is 0 Å². The fourth-order valence-corrected chi connectivity index (χ4v) is 2.39. The summed E-state index contributed by atoms with van der Waals surface area (Å²) in [4.78, 5) is 20.4. The zero-order valence-electron chi connectivity index (χ0n) is 13.8. The van der Waals surface area contributed by atoms with Crippen molar-refractivity contribution in [3.05, 3.63) is 54.5 Å². The largest absolute Gasteiger partial charge is 0.331 e. The molecule has 24 heavy (non-hydrogen) atoms. The maximum atomic E-state index is 12.1. The van der Waals surface area contributed by atoms with Gasteiger partial charge in [-0.3, -0.25) is 9.25 Å². The first kappa shape index (κ1) is 15.7. The molecular formula is C16H19N7O. The van der Waals surface area contributed by atoms with Gasteiger partial charge < -0.3 is 10.6 Å². The van der Waals surface area contributed by atoms with Gasteiger partial charge in [-0.1, -0.05) is 0 Å². The van der Waals surface area contributed by atoms with Crippen molar-refractivity contribution >= 4 is 11.7 Å². The van der Waals surface area contributed by atoms with Crippen LogP contribution in [0.4, 0.5) is 10.5 Å². The van der Waals surface area contributed by atoms with Crippen molar-refractivity contribution in [1.29, 1.82) is 0 Å².